The Kier molecular flexibility index (Phi) is 4.34. The minimum absolute atomic E-state index is 0.0335. The number of amides is 1. The van der Waals surface area contributed by atoms with Crippen LogP contribution in [0.1, 0.15) is 18.4 Å². The number of carbonyl (C=O) groups is 2. The van der Waals surface area contributed by atoms with Gasteiger partial charge in [-0.3, -0.25) is 4.79 Å². The number of hydrogen-bond donors (Lipinski definition) is 0. The van der Waals surface area contributed by atoms with Crippen LogP contribution in [0.15, 0.2) is 42.6 Å². The Labute approximate surface area is 112 Å². The second-order valence-electron chi connectivity index (χ2n) is 4.45. The van der Waals surface area contributed by atoms with Gasteiger partial charge in [0.15, 0.2) is 0 Å². The van der Waals surface area contributed by atoms with Crippen LogP contribution in [0.5, 0.6) is 0 Å². The Morgan fingerprint density at radius 1 is 1.37 bits per heavy atom. The van der Waals surface area contributed by atoms with Crippen molar-refractivity contribution in [2.24, 2.45) is 0 Å². The zero-order chi connectivity index (χ0) is 13.7. The van der Waals surface area contributed by atoms with Crippen molar-refractivity contribution >= 4 is 11.9 Å². The van der Waals surface area contributed by atoms with Gasteiger partial charge in [-0.2, -0.15) is 0 Å². The minimum atomic E-state index is -0.587. The molecule has 0 saturated heterocycles. The summed E-state index contributed by atoms with van der Waals surface area (Å²) in [6.07, 6.45) is 5.23. The van der Waals surface area contributed by atoms with Crippen LogP contribution in [0, 0.1) is 0 Å². The summed E-state index contributed by atoms with van der Waals surface area (Å²) in [4.78, 5) is 25.3. The average Bonchev–Trinajstić information content (AvgIpc) is 2.46. The maximum absolute atomic E-state index is 11.9. The molecular formula is C15H17NO3. The fourth-order valence-corrected chi connectivity index (χ4v) is 2.15. The molecule has 19 heavy (non-hydrogen) atoms. The molecule has 0 spiro atoms. The van der Waals surface area contributed by atoms with Gasteiger partial charge in [-0.05, 0) is 12.0 Å². The predicted octanol–water partition coefficient (Wildman–Crippen LogP) is 1.91. The smallest absolute Gasteiger partial charge is 0.329 e. The zero-order valence-corrected chi connectivity index (χ0v) is 10.9. The highest BCUT2D eigenvalue weighted by Gasteiger charge is 2.30. The summed E-state index contributed by atoms with van der Waals surface area (Å²) in [6.45, 7) is 0. The SMILES string of the molecule is COC(=O)[C@H](Cc1ccccc1)N1C=CCCC1=O. The van der Waals surface area contributed by atoms with Crippen LogP contribution < -0.4 is 0 Å². The van der Waals surface area contributed by atoms with Gasteiger partial charge >= 0.3 is 5.97 Å². The number of benzene rings is 1. The average molecular weight is 259 g/mol. The van der Waals surface area contributed by atoms with Gasteiger partial charge in [0.2, 0.25) is 5.91 Å². The van der Waals surface area contributed by atoms with Crippen LogP contribution in [0.2, 0.25) is 0 Å². The molecule has 100 valence electrons. The standard InChI is InChI=1S/C15H17NO3/c1-19-15(18)13(11-12-7-3-2-4-8-12)16-10-6-5-9-14(16)17/h2-4,6-8,10,13H,5,9,11H2,1H3/t13-/m0/s1. The number of nitrogens with zero attached hydrogens (tertiary/aromatic N) is 1. The molecule has 1 amide bonds. The topological polar surface area (TPSA) is 46.6 Å². The maximum Gasteiger partial charge on any atom is 0.329 e. The summed E-state index contributed by atoms with van der Waals surface area (Å²) in [7, 11) is 1.35. The number of ether oxygens (including phenoxy) is 1. The first kappa shape index (κ1) is 13.3. The first-order valence-electron chi connectivity index (χ1n) is 6.32. The summed E-state index contributed by atoms with van der Waals surface area (Å²) < 4.78 is 4.82. The molecule has 1 heterocycles. The predicted molar refractivity (Wildman–Crippen MR) is 71.2 cm³/mol. The van der Waals surface area contributed by atoms with E-state index in [-0.39, 0.29) is 11.9 Å². The van der Waals surface area contributed by atoms with Gasteiger partial charge in [-0.15, -0.1) is 0 Å². The van der Waals surface area contributed by atoms with Gasteiger partial charge < -0.3 is 9.64 Å². The highest BCUT2D eigenvalue weighted by Crippen LogP contribution is 2.16. The number of rotatable bonds is 4. The van der Waals surface area contributed by atoms with E-state index in [9.17, 15) is 9.59 Å². The number of methoxy groups -OCH3 is 1. The molecule has 0 aromatic heterocycles. The zero-order valence-electron chi connectivity index (χ0n) is 10.9. The largest absolute Gasteiger partial charge is 0.467 e. The van der Waals surface area contributed by atoms with Gasteiger partial charge in [0.25, 0.3) is 0 Å². The van der Waals surface area contributed by atoms with Gasteiger partial charge in [-0.1, -0.05) is 36.4 Å². The van der Waals surface area contributed by atoms with Crippen molar-refractivity contribution in [3.05, 3.63) is 48.2 Å². The molecule has 1 atom stereocenters. The summed E-state index contributed by atoms with van der Waals surface area (Å²) in [5.74, 6) is -0.419. The van der Waals surface area contributed by atoms with Crippen LogP contribution in [-0.4, -0.2) is 29.9 Å². The van der Waals surface area contributed by atoms with E-state index in [1.54, 1.807) is 6.20 Å². The molecule has 0 unspecified atom stereocenters. The second kappa shape index (κ2) is 6.18. The van der Waals surface area contributed by atoms with Gasteiger partial charge in [0.1, 0.15) is 6.04 Å². The van der Waals surface area contributed by atoms with Crippen molar-refractivity contribution in [3.63, 3.8) is 0 Å². The lowest BCUT2D eigenvalue weighted by Gasteiger charge is -2.29. The van der Waals surface area contributed by atoms with Crippen molar-refractivity contribution < 1.29 is 14.3 Å². The normalized spacial score (nSPS) is 16.3. The van der Waals surface area contributed by atoms with Crippen LogP contribution in [0.25, 0.3) is 0 Å². The third kappa shape index (κ3) is 3.22. The van der Waals surface area contributed by atoms with E-state index in [0.29, 0.717) is 12.8 Å². The Balaban J connectivity index is 2.21. The van der Waals surface area contributed by atoms with E-state index in [1.165, 1.54) is 12.0 Å². The number of hydrogen-bond acceptors (Lipinski definition) is 3. The van der Waals surface area contributed by atoms with Gasteiger partial charge in [-0.25, -0.2) is 4.79 Å². The van der Waals surface area contributed by atoms with Gasteiger partial charge in [0, 0.05) is 19.0 Å². The first-order chi connectivity index (χ1) is 9.22. The van der Waals surface area contributed by atoms with Crippen LogP contribution >= 0.6 is 0 Å². The molecule has 0 bridgehead atoms. The van der Waals surface area contributed by atoms with Crippen molar-refractivity contribution in [3.8, 4) is 0 Å². The number of allylic oxidation sites excluding steroid dienone is 1. The van der Waals surface area contributed by atoms with E-state index in [1.807, 2.05) is 36.4 Å². The molecule has 0 aliphatic carbocycles. The molecule has 1 aliphatic rings. The molecule has 0 fully saturated rings. The number of esters is 1. The Morgan fingerprint density at radius 3 is 2.74 bits per heavy atom. The molecule has 1 aliphatic heterocycles. The summed E-state index contributed by atoms with van der Waals surface area (Å²) >= 11 is 0. The fourth-order valence-electron chi connectivity index (χ4n) is 2.15. The summed E-state index contributed by atoms with van der Waals surface area (Å²) in [5.41, 5.74) is 1.00. The van der Waals surface area contributed by atoms with E-state index < -0.39 is 6.04 Å². The highest BCUT2D eigenvalue weighted by atomic mass is 16.5. The Morgan fingerprint density at radius 2 is 2.11 bits per heavy atom. The first-order valence-corrected chi connectivity index (χ1v) is 6.32. The second-order valence-corrected chi connectivity index (χ2v) is 4.45. The maximum atomic E-state index is 11.9. The molecule has 0 radical (unpaired) electrons. The molecule has 0 N–H and O–H groups in total. The Hall–Kier alpha value is -2.10. The highest BCUT2D eigenvalue weighted by molar-refractivity contribution is 5.86. The molecule has 2 rings (SSSR count). The number of carbonyl (C=O) groups excluding carboxylic acids is 2. The van der Waals surface area contributed by atoms with Crippen LogP contribution in [0.4, 0.5) is 0 Å². The summed E-state index contributed by atoms with van der Waals surface area (Å²) in [5, 5.41) is 0. The van der Waals surface area contributed by atoms with Crippen molar-refractivity contribution in [1.29, 1.82) is 0 Å². The third-order valence-electron chi connectivity index (χ3n) is 3.16. The lowest BCUT2D eigenvalue weighted by atomic mass is 10.0. The van der Waals surface area contributed by atoms with Crippen molar-refractivity contribution in [2.75, 3.05) is 7.11 Å². The molecule has 0 saturated carbocycles. The van der Waals surface area contributed by atoms with Crippen LogP contribution in [-0.2, 0) is 20.7 Å². The van der Waals surface area contributed by atoms with E-state index in [4.69, 9.17) is 4.74 Å². The molecule has 1 aromatic rings. The molecule has 1 aromatic carbocycles. The minimum Gasteiger partial charge on any atom is -0.467 e. The molecule has 4 heteroatoms. The van der Waals surface area contributed by atoms with E-state index in [0.717, 1.165) is 12.0 Å². The molecular weight excluding hydrogens is 242 g/mol. The third-order valence-corrected chi connectivity index (χ3v) is 3.16. The monoisotopic (exact) mass is 259 g/mol. The van der Waals surface area contributed by atoms with Crippen LogP contribution in [0.3, 0.4) is 0 Å². The summed E-state index contributed by atoms with van der Waals surface area (Å²) in [6, 6.07) is 9.04. The lowest BCUT2D eigenvalue weighted by molar-refractivity contribution is -0.150. The molecule has 4 nitrogen and oxygen atoms in total. The lowest BCUT2D eigenvalue weighted by Crippen LogP contribution is -2.44. The Bertz CT molecular complexity index is 481. The van der Waals surface area contributed by atoms with Crippen molar-refractivity contribution in [1.82, 2.24) is 4.90 Å². The quantitative estimate of drug-likeness (QED) is 0.776. The van der Waals surface area contributed by atoms with Gasteiger partial charge in [0.05, 0.1) is 7.11 Å². The fraction of sp³-hybridized carbons (Fsp3) is 0.333. The van der Waals surface area contributed by atoms with E-state index in [2.05, 4.69) is 0 Å². The van der Waals surface area contributed by atoms with Crippen molar-refractivity contribution in [2.45, 2.75) is 25.3 Å². The van der Waals surface area contributed by atoms with E-state index >= 15 is 0 Å².